The Balaban J connectivity index is 1.81. The molecule has 1 aromatic heterocycles. The molecule has 106 valence electrons. The van der Waals surface area contributed by atoms with Gasteiger partial charge in [0, 0.05) is 0 Å². The largest absolute Gasteiger partial charge is 0.427 e. The summed E-state index contributed by atoms with van der Waals surface area (Å²) < 4.78 is 37.7. The Kier molecular flexibility index (Phi) is 3.41. The number of hydrogen-bond acceptors (Lipinski definition) is 3. The van der Waals surface area contributed by atoms with Gasteiger partial charge in [0.05, 0.1) is 12.2 Å². The van der Waals surface area contributed by atoms with Gasteiger partial charge in [-0.2, -0.15) is 13.2 Å². The van der Waals surface area contributed by atoms with Gasteiger partial charge in [-0.25, -0.2) is 4.98 Å². The second kappa shape index (κ2) is 5.09. The number of nitrogens with zero attached hydrogens (tertiary/aromatic N) is 1. The van der Waals surface area contributed by atoms with Gasteiger partial charge in [0.1, 0.15) is 4.88 Å². The molecule has 0 saturated carbocycles. The van der Waals surface area contributed by atoms with E-state index in [1.165, 1.54) is 11.1 Å². The summed E-state index contributed by atoms with van der Waals surface area (Å²) in [6.07, 6.45) is -0.450. The zero-order valence-corrected chi connectivity index (χ0v) is 11.4. The van der Waals surface area contributed by atoms with Gasteiger partial charge in [-0.05, 0) is 30.4 Å². The highest BCUT2D eigenvalue weighted by Gasteiger charge is 2.33. The Labute approximate surface area is 118 Å². The van der Waals surface area contributed by atoms with E-state index < -0.39 is 11.1 Å². The van der Waals surface area contributed by atoms with Gasteiger partial charge in [0.25, 0.3) is 0 Å². The molecular weight excluding hydrogens is 285 g/mol. The maximum atomic E-state index is 12.6. The predicted octanol–water partition coefficient (Wildman–Crippen LogP) is 4.65. The lowest BCUT2D eigenvalue weighted by molar-refractivity contribution is -0.134. The van der Waals surface area contributed by atoms with E-state index in [2.05, 4.69) is 16.4 Å². The van der Waals surface area contributed by atoms with Crippen LogP contribution in [0.3, 0.4) is 0 Å². The first-order valence-electron chi connectivity index (χ1n) is 6.41. The normalized spacial score (nSPS) is 18.6. The number of hydrogen-bond donors (Lipinski definition) is 1. The summed E-state index contributed by atoms with van der Waals surface area (Å²) in [6, 6.07) is 8.11. The molecule has 0 bridgehead atoms. The number of nitrogens with one attached hydrogen (secondary N) is 1. The van der Waals surface area contributed by atoms with Crippen molar-refractivity contribution in [1.29, 1.82) is 0 Å². The summed E-state index contributed by atoms with van der Waals surface area (Å²) in [5.41, 5.74) is 2.44. The molecule has 0 aliphatic heterocycles. The molecule has 1 N–H and O–H groups in total. The first kappa shape index (κ1) is 13.4. The third-order valence-electron chi connectivity index (χ3n) is 3.45. The van der Waals surface area contributed by atoms with Crippen molar-refractivity contribution in [2.75, 3.05) is 5.32 Å². The fraction of sp³-hybridized carbons (Fsp3) is 0.357. The van der Waals surface area contributed by atoms with Crippen LogP contribution in [-0.4, -0.2) is 4.98 Å². The fourth-order valence-electron chi connectivity index (χ4n) is 2.52. The average Bonchev–Trinajstić information content (AvgIpc) is 2.88. The summed E-state index contributed by atoms with van der Waals surface area (Å²) in [5, 5.41) is 3.47. The van der Waals surface area contributed by atoms with E-state index in [9.17, 15) is 13.2 Å². The molecule has 1 aliphatic rings. The number of benzene rings is 1. The van der Waals surface area contributed by atoms with E-state index in [0.29, 0.717) is 16.5 Å². The van der Waals surface area contributed by atoms with Crippen molar-refractivity contribution in [2.45, 2.75) is 31.5 Å². The molecule has 0 fully saturated rings. The van der Waals surface area contributed by atoms with Crippen molar-refractivity contribution in [1.82, 2.24) is 4.98 Å². The van der Waals surface area contributed by atoms with E-state index in [1.54, 1.807) is 0 Å². The highest BCUT2D eigenvalue weighted by molar-refractivity contribution is 7.15. The molecule has 1 aliphatic carbocycles. The first-order valence-corrected chi connectivity index (χ1v) is 7.23. The van der Waals surface area contributed by atoms with Crippen LogP contribution in [0, 0.1) is 0 Å². The maximum Gasteiger partial charge on any atom is 0.427 e. The molecule has 1 atom stereocenters. The minimum atomic E-state index is -4.32. The van der Waals surface area contributed by atoms with Crippen LogP contribution in [0.2, 0.25) is 0 Å². The van der Waals surface area contributed by atoms with Crippen LogP contribution >= 0.6 is 11.3 Å². The third kappa shape index (κ3) is 2.65. The quantitative estimate of drug-likeness (QED) is 0.873. The number of rotatable bonds is 2. The van der Waals surface area contributed by atoms with E-state index in [-0.39, 0.29) is 6.04 Å². The van der Waals surface area contributed by atoms with Crippen molar-refractivity contribution < 1.29 is 13.2 Å². The molecule has 20 heavy (non-hydrogen) atoms. The summed E-state index contributed by atoms with van der Waals surface area (Å²) in [7, 11) is 0. The van der Waals surface area contributed by atoms with Gasteiger partial charge in [-0.15, -0.1) is 0 Å². The van der Waals surface area contributed by atoms with Crippen LogP contribution in [0.1, 0.15) is 34.9 Å². The van der Waals surface area contributed by atoms with Crippen molar-refractivity contribution >= 4 is 16.5 Å². The Morgan fingerprint density at radius 1 is 1.25 bits per heavy atom. The Hall–Kier alpha value is -1.56. The van der Waals surface area contributed by atoms with E-state index >= 15 is 0 Å². The van der Waals surface area contributed by atoms with Crippen molar-refractivity contribution in [2.24, 2.45) is 0 Å². The van der Waals surface area contributed by atoms with Gasteiger partial charge in [-0.1, -0.05) is 35.6 Å². The summed E-state index contributed by atoms with van der Waals surface area (Å²) in [5.74, 6) is 0. The molecule has 6 heteroatoms. The number of fused-ring (bicyclic) bond motifs is 1. The first-order chi connectivity index (χ1) is 9.54. The van der Waals surface area contributed by atoms with Gasteiger partial charge < -0.3 is 5.32 Å². The van der Waals surface area contributed by atoms with Crippen LogP contribution < -0.4 is 5.32 Å². The smallest absolute Gasteiger partial charge is 0.355 e. The number of anilines is 1. The Bertz CT molecular complexity index is 606. The Morgan fingerprint density at radius 2 is 2.05 bits per heavy atom. The lowest BCUT2D eigenvalue weighted by Crippen LogP contribution is -2.17. The van der Waals surface area contributed by atoms with Crippen LogP contribution in [0.15, 0.2) is 30.5 Å². The molecule has 0 amide bonds. The zero-order valence-electron chi connectivity index (χ0n) is 10.6. The lowest BCUT2D eigenvalue weighted by Gasteiger charge is -2.26. The molecule has 3 rings (SSSR count). The minimum absolute atomic E-state index is 0.0483. The number of alkyl halides is 3. The predicted molar refractivity (Wildman–Crippen MR) is 72.9 cm³/mol. The third-order valence-corrected chi connectivity index (χ3v) is 4.43. The maximum absolute atomic E-state index is 12.6. The van der Waals surface area contributed by atoms with Crippen molar-refractivity contribution in [3.05, 3.63) is 46.5 Å². The Morgan fingerprint density at radius 3 is 2.80 bits per heavy atom. The topological polar surface area (TPSA) is 24.9 Å². The summed E-state index contributed by atoms with van der Waals surface area (Å²) >= 11 is 0.661. The molecule has 1 aromatic carbocycles. The standard InChI is InChI=1S/C14H13F3N2S/c15-14(16,17)12-8-18-13(20-12)19-11-7-3-5-9-4-1-2-6-10(9)11/h1-2,4,6,8,11H,3,5,7H2,(H,18,19). The average molecular weight is 298 g/mol. The van der Waals surface area contributed by atoms with Crippen LogP contribution in [0.5, 0.6) is 0 Å². The lowest BCUT2D eigenvalue weighted by atomic mass is 9.88. The van der Waals surface area contributed by atoms with Gasteiger partial charge in [-0.3, -0.25) is 0 Å². The van der Waals surface area contributed by atoms with Crippen LogP contribution in [0.25, 0.3) is 0 Å². The molecule has 1 heterocycles. The second-order valence-corrected chi connectivity index (χ2v) is 5.85. The van der Waals surface area contributed by atoms with Crippen LogP contribution in [-0.2, 0) is 12.6 Å². The van der Waals surface area contributed by atoms with Crippen molar-refractivity contribution in [3.8, 4) is 0 Å². The molecule has 0 spiro atoms. The van der Waals surface area contributed by atoms with E-state index in [1.807, 2.05) is 18.2 Å². The van der Waals surface area contributed by atoms with Crippen molar-refractivity contribution in [3.63, 3.8) is 0 Å². The highest BCUT2D eigenvalue weighted by atomic mass is 32.1. The fourth-order valence-corrected chi connectivity index (χ4v) is 3.26. The monoisotopic (exact) mass is 298 g/mol. The van der Waals surface area contributed by atoms with E-state index in [0.717, 1.165) is 25.5 Å². The molecule has 0 saturated heterocycles. The van der Waals surface area contributed by atoms with E-state index in [4.69, 9.17) is 0 Å². The number of aromatic nitrogens is 1. The molecule has 2 aromatic rings. The number of thiazole rings is 1. The number of halogens is 3. The van der Waals surface area contributed by atoms with Gasteiger partial charge >= 0.3 is 6.18 Å². The number of aryl methyl sites for hydroxylation is 1. The second-order valence-electron chi connectivity index (χ2n) is 4.82. The molecule has 2 nitrogen and oxygen atoms in total. The summed E-state index contributed by atoms with van der Waals surface area (Å²) in [6.45, 7) is 0. The molecule has 1 unspecified atom stereocenters. The zero-order chi connectivity index (χ0) is 14.2. The summed E-state index contributed by atoms with van der Waals surface area (Å²) in [4.78, 5) is 3.17. The highest BCUT2D eigenvalue weighted by Crippen LogP contribution is 2.38. The van der Waals surface area contributed by atoms with Gasteiger partial charge in [0.15, 0.2) is 5.13 Å². The SMILES string of the molecule is FC(F)(F)c1cnc(NC2CCCc3ccccc32)s1. The van der Waals surface area contributed by atoms with Gasteiger partial charge in [0.2, 0.25) is 0 Å². The minimum Gasteiger partial charge on any atom is -0.355 e. The van der Waals surface area contributed by atoms with Crippen LogP contribution in [0.4, 0.5) is 18.3 Å². The molecular formula is C14H13F3N2S. The molecule has 0 radical (unpaired) electrons.